The minimum Gasteiger partial charge on any atom is -0.362 e. The van der Waals surface area contributed by atoms with E-state index in [0.29, 0.717) is 37.0 Å². The largest absolute Gasteiger partial charge is 0.362 e. The number of sulfone groups is 1. The van der Waals surface area contributed by atoms with Gasteiger partial charge in [0.25, 0.3) is 5.69 Å². The van der Waals surface area contributed by atoms with Crippen molar-refractivity contribution in [2.75, 3.05) is 37.3 Å². The van der Waals surface area contributed by atoms with E-state index in [2.05, 4.69) is 5.32 Å². The Morgan fingerprint density at radius 3 is 2.36 bits per heavy atom. The number of piperazine rings is 1. The molecule has 0 aromatic heterocycles. The summed E-state index contributed by atoms with van der Waals surface area (Å²) in [4.78, 5) is 14.7. The van der Waals surface area contributed by atoms with E-state index in [4.69, 9.17) is 12.2 Å². The van der Waals surface area contributed by atoms with Crippen LogP contribution in [0.15, 0.2) is 23.1 Å². The maximum Gasteiger partial charge on any atom is 0.293 e. The molecule has 0 aliphatic carbocycles. The molecular formula is C15H22N4O4S2. The number of rotatable bonds is 4. The van der Waals surface area contributed by atoms with Gasteiger partial charge in [0.2, 0.25) is 0 Å². The third-order valence-corrected chi connectivity index (χ3v) is 5.38. The summed E-state index contributed by atoms with van der Waals surface area (Å²) >= 11 is 5.35. The van der Waals surface area contributed by atoms with Crippen molar-refractivity contribution in [2.45, 2.75) is 24.8 Å². The first kappa shape index (κ1) is 19.4. The lowest BCUT2D eigenvalue weighted by atomic mass is 10.2. The Balaban J connectivity index is 2.18. The van der Waals surface area contributed by atoms with Crippen LogP contribution in [0.5, 0.6) is 0 Å². The van der Waals surface area contributed by atoms with Gasteiger partial charge in [-0.3, -0.25) is 10.1 Å². The van der Waals surface area contributed by atoms with E-state index in [1.165, 1.54) is 12.1 Å². The predicted molar refractivity (Wildman–Crippen MR) is 101 cm³/mol. The second-order valence-corrected chi connectivity index (χ2v) is 8.66. The van der Waals surface area contributed by atoms with Crippen LogP contribution in [0.25, 0.3) is 0 Å². The van der Waals surface area contributed by atoms with E-state index in [1.54, 1.807) is 0 Å². The second kappa shape index (κ2) is 7.52. The first-order chi connectivity index (χ1) is 11.6. The van der Waals surface area contributed by atoms with Crippen LogP contribution in [0.1, 0.15) is 13.8 Å². The SMILES string of the molecule is CC(C)NC(=S)N1CCN(c2ccc(S(C)(=O)=O)cc2[N+](=O)[O-])CC1. The number of nitro groups is 1. The van der Waals surface area contributed by atoms with Gasteiger partial charge in [0, 0.05) is 44.5 Å². The Bertz CT molecular complexity index is 772. The molecular weight excluding hydrogens is 364 g/mol. The maximum absolute atomic E-state index is 11.6. The summed E-state index contributed by atoms with van der Waals surface area (Å²) in [6, 6.07) is 4.29. The van der Waals surface area contributed by atoms with Crippen LogP contribution >= 0.6 is 12.2 Å². The number of benzene rings is 1. The summed E-state index contributed by atoms with van der Waals surface area (Å²) in [6.45, 7) is 6.44. The van der Waals surface area contributed by atoms with Gasteiger partial charge < -0.3 is 15.1 Å². The van der Waals surface area contributed by atoms with Crippen molar-refractivity contribution in [1.82, 2.24) is 10.2 Å². The molecule has 1 aliphatic rings. The molecule has 1 aromatic rings. The van der Waals surface area contributed by atoms with Crippen LogP contribution in [0.3, 0.4) is 0 Å². The Kier molecular flexibility index (Phi) is 5.83. The molecule has 2 rings (SSSR count). The van der Waals surface area contributed by atoms with E-state index in [1.807, 2.05) is 23.6 Å². The monoisotopic (exact) mass is 386 g/mol. The van der Waals surface area contributed by atoms with E-state index in [0.717, 1.165) is 12.3 Å². The second-order valence-electron chi connectivity index (χ2n) is 6.26. The fourth-order valence-corrected chi connectivity index (χ4v) is 3.70. The van der Waals surface area contributed by atoms with Crippen molar-refractivity contribution >= 4 is 38.5 Å². The number of nitro benzene ring substituents is 1. The predicted octanol–water partition coefficient (Wildman–Crippen LogP) is 1.40. The first-order valence-electron chi connectivity index (χ1n) is 7.88. The van der Waals surface area contributed by atoms with Crippen molar-refractivity contribution in [1.29, 1.82) is 0 Å². The van der Waals surface area contributed by atoms with Crippen molar-refractivity contribution in [2.24, 2.45) is 0 Å². The minimum atomic E-state index is -3.49. The average molecular weight is 386 g/mol. The Hall–Kier alpha value is -1.94. The van der Waals surface area contributed by atoms with E-state index < -0.39 is 14.8 Å². The zero-order valence-electron chi connectivity index (χ0n) is 14.4. The molecule has 1 aromatic carbocycles. The number of thiocarbonyl (C=S) groups is 1. The molecule has 10 heteroatoms. The van der Waals surface area contributed by atoms with Crippen molar-refractivity contribution in [3.05, 3.63) is 28.3 Å². The summed E-state index contributed by atoms with van der Waals surface area (Å²) in [5.74, 6) is 0. The topological polar surface area (TPSA) is 95.8 Å². The normalized spacial score (nSPS) is 15.4. The van der Waals surface area contributed by atoms with Crippen molar-refractivity contribution in [3.63, 3.8) is 0 Å². The number of hydrogen-bond donors (Lipinski definition) is 1. The summed E-state index contributed by atoms with van der Waals surface area (Å²) < 4.78 is 23.3. The molecule has 1 fully saturated rings. The molecule has 0 amide bonds. The van der Waals surface area contributed by atoms with Gasteiger partial charge in [-0.1, -0.05) is 0 Å². The Labute approximate surface area is 152 Å². The minimum absolute atomic E-state index is 0.0519. The van der Waals surface area contributed by atoms with Crippen molar-refractivity contribution in [3.8, 4) is 0 Å². The fourth-order valence-electron chi connectivity index (χ4n) is 2.64. The molecule has 0 atom stereocenters. The van der Waals surface area contributed by atoms with Gasteiger partial charge in [-0.05, 0) is 38.2 Å². The molecule has 1 N–H and O–H groups in total. The van der Waals surface area contributed by atoms with Crippen LogP contribution in [-0.4, -0.2) is 61.8 Å². The van der Waals surface area contributed by atoms with Crippen molar-refractivity contribution < 1.29 is 13.3 Å². The first-order valence-corrected chi connectivity index (χ1v) is 10.2. The van der Waals surface area contributed by atoms with Gasteiger partial charge in [-0.15, -0.1) is 0 Å². The van der Waals surface area contributed by atoms with Crippen LogP contribution < -0.4 is 10.2 Å². The van der Waals surface area contributed by atoms with Gasteiger partial charge in [0.1, 0.15) is 5.69 Å². The number of hydrogen-bond acceptors (Lipinski definition) is 6. The van der Waals surface area contributed by atoms with Crippen LogP contribution in [-0.2, 0) is 9.84 Å². The average Bonchev–Trinajstić information content (AvgIpc) is 2.53. The zero-order valence-corrected chi connectivity index (χ0v) is 16.1. The maximum atomic E-state index is 11.6. The molecule has 0 saturated carbocycles. The van der Waals surface area contributed by atoms with Crippen LogP contribution in [0, 0.1) is 10.1 Å². The lowest BCUT2D eigenvalue weighted by Crippen LogP contribution is -2.52. The lowest BCUT2D eigenvalue weighted by molar-refractivity contribution is -0.384. The highest BCUT2D eigenvalue weighted by Gasteiger charge is 2.26. The van der Waals surface area contributed by atoms with E-state index in [9.17, 15) is 18.5 Å². The van der Waals surface area contributed by atoms with E-state index in [-0.39, 0.29) is 16.6 Å². The molecule has 0 radical (unpaired) electrons. The number of nitrogens with one attached hydrogen (secondary N) is 1. The molecule has 0 unspecified atom stereocenters. The van der Waals surface area contributed by atoms with E-state index >= 15 is 0 Å². The van der Waals surface area contributed by atoms with Crippen LogP contribution in [0.2, 0.25) is 0 Å². The number of anilines is 1. The number of nitrogens with zero attached hydrogens (tertiary/aromatic N) is 3. The van der Waals surface area contributed by atoms with Crippen LogP contribution in [0.4, 0.5) is 11.4 Å². The molecule has 0 bridgehead atoms. The Morgan fingerprint density at radius 2 is 1.88 bits per heavy atom. The molecule has 8 nitrogen and oxygen atoms in total. The molecule has 25 heavy (non-hydrogen) atoms. The third-order valence-electron chi connectivity index (χ3n) is 3.89. The van der Waals surface area contributed by atoms with Gasteiger partial charge in [-0.2, -0.15) is 0 Å². The molecule has 138 valence electrons. The summed E-state index contributed by atoms with van der Waals surface area (Å²) in [5, 5.41) is 15.2. The molecule has 1 heterocycles. The molecule has 1 saturated heterocycles. The third kappa shape index (κ3) is 4.79. The zero-order chi connectivity index (χ0) is 18.8. The Morgan fingerprint density at radius 1 is 1.28 bits per heavy atom. The molecule has 1 aliphatic heterocycles. The summed E-state index contributed by atoms with van der Waals surface area (Å²) in [7, 11) is -3.49. The standard InChI is InChI=1S/C15H22N4O4S2/c1-11(2)16-15(24)18-8-6-17(7-9-18)13-5-4-12(25(3,22)23)10-14(13)19(20)21/h4-5,10-11H,6-9H2,1-3H3,(H,16,24). The molecule has 0 spiro atoms. The van der Waals surface area contributed by atoms with Gasteiger partial charge in [0.05, 0.1) is 9.82 Å². The highest BCUT2D eigenvalue weighted by atomic mass is 32.2. The van der Waals surface area contributed by atoms with Gasteiger partial charge in [0.15, 0.2) is 14.9 Å². The quantitative estimate of drug-likeness (QED) is 0.471. The smallest absolute Gasteiger partial charge is 0.293 e. The lowest BCUT2D eigenvalue weighted by Gasteiger charge is -2.37. The van der Waals surface area contributed by atoms with Gasteiger partial charge >= 0.3 is 0 Å². The highest BCUT2D eigenvalue weighted by molar-refractivity contribution is 7.90. The highest BCUT2D eigenvalue weighted by Crippen LogP contribution is 2.31. The van der Waals surface area contributed by atoms with Gasteiger partial charge in [-0.25, -0.2) is 8.42 Å². The summed E-state index contributed by atoms with van der Waals surface area (Å²) in [5.41, 5.74) is 0.235. The summed E-state index contributed by atoms with van der Waals surface area (Å²) in [6.07, 6.45) is 1.03. The fraction of sp³-hybridized carbons (Fsp3) is 0.533.